The van der Waals surface area contributed by atoms with Gasteiger partial charge in [-0.2, -0.15) is 0 Å². The van der Waals surface area contributed by atoms with Crippen LogP contribution in [-0.2, 0) is 34.1 Å². The van der Waals surface area contributed by atoms with Crippen LogP contribution in [0.15, 0.2) is 29.6 Å². The third kappa shape index (κ3) is 3.48. The smallest absolute Gasteiger partial charge is 0.256 e. The maximum Gasteiger partial charge on any atom is 0.256 e. The van der Waals surface area contributed by atoms with Crippen LogP contribution in [0.25, 0.3) is 0 Å². The van der Waals surface area contributed by atoms with Gasteiger partial charge in [-0.1, -0.05) is 24.3 Å². The topological polar surface area (TPSA) is 92.8 Å². The molecule has 1 aromatic heterocycles. The van der Waals surface area contributed by atoms with Gasteiger partial charge in [-0.3, -0.25) is 24.5 Å². The van der Waals surface area contributed by atoms with Gasteiger partial charge in [-0.05, 0) is 12.0 Å². The summed E-state index contributed by atoms with van der Waals surface area (Å²) in [5, 5.41) is 4.11. The maximum absolute atomic E-state index is 12.7. The van der Waals surface area contributed by atoms with Crippen molar-refractivity contribution < 1.29 is 23.9 Å². The maximum atomic E-state index is 12.7. The van der Waals surface area contributed by atoms with Crippen LogP contribution in [0.1, 0.15) is 49.6 Å². The molecule has 0 aliphatic carbocycles. The van der Waals surface area contributed by atoms with Crippen molar-refractivity contribution in [1.82, 2.24) is 10.2 Å². The first-order chi connectivity index (χ1) is 13.6. The molecule has 4 rings (SSSR count). The lowest BCUT2D eigenvalue weighted by atomic mass is 10.0. The van der Waals surface area contributed by atoms with E-state index in [0.29, 0.717) is 37.3 Å². The molecule has 28 heavy (non-hydrogen) atoms. The van der Waals surface area contributed by atoms with E-state index in [1.807, 2.05) is 12.1 Å². The van der Waals surface area contributed by atoms with Gasteiger partial charge in [-0.25, -0.2) is 0 Å². The van der Waals surface area contributed by atoms with E-state index in [-0.39, 0.29) is 18.2 Å². The minimum Gasteiger partial charge on any atom is -0.371 e. The van der Waals surface area contributed by atoms with Crippen LogP contribution in [0.5, 0.6) is 0 Å². The van der Waals surface area contributed by atoms with E-state index in [2.05, 4.69) is 5.32 Å². The normalized spacial score (nSPS) is 18.9. The number of rotatable bonds is 6. The molecule has 0 radical (unpaired) electrons. The number of hydrogen-bond acceptors (Lipinski definition) is 6. The first-order valence-electron chi connectivity index (χ1n) is 8.92. The molecule has 1 N–H and O–H groups in total. The van der Waals surface area contributed by atoms with E-state index in [0.717, 1.165) is 22.3 Å². The van der Waals surface area contributed by atoms with Crippen molar-refractivity contribution in [2.24, 2.45) is 0 Å². The third-order valence-corrected chi connectivity index (χ3v) is 6.01. The number of fused-ring (bicyclic) bond motifs is 1. The number of ether oxygens (including phenoxy) is 1. The fourth-order valence-corrected chi connectivity index (χ4v) is 4.45. The number of piperidine rings is 1. The Morgan fingerprint density at radius 1 is 1.18 bits per heavy atom. The second-order valence-electron chi connectivity index (χ2n) is 6.80. The lowest BCUT2D eigenvalue weighted by Crippen LogP contribution is -2.52. The third-order valence-electron chi connectivity index (χ3n) is 5.00. The van der Waals surface area contributed by atoms with Crippen molar-refractivity contribution in [3.8, 4) is 0 Å². The highest BCUT2D eigenvalue weighted by Gasteiger charge is 2.40. The van der Waals surface area contributed by atoms with Crippen LogP contribution in [0.2, 0.25) is 0 Å². The Labute approximate surface area is 165 Å². The highest BCUT2D eigenvalue weighted by molar-refractivity contribution is 7.10. The van der Waals surface area contributed by atoms with Gasteiger partial charge in [0.25, 0.3) is 5.91 Å². The quantitative estimate of drug-likeness (QED) is 0.594. The van der Waals surface area contributed by atoms with Crippen LogP contribution in [-0.4, -0.2) is 34.9 Å². The standard InChI is InChI=1S/C20H18N2O5S/c23-8-12-1-3-13(4-2-12)9-27-10-17-14-7-22(20(26)15(14)11-28-17)16-5-6-18(24)21-19(16)25/h1-4,8,11,16H,5-7,9-10H2,(H,21,24,25). The first kappa shape index (κ1) is 18.5. The van der Waals surface area contributed by atoms with Gasteiger partial charge in [0, 0.05) is 34.3 Å². The zero-order valence-electron chi connectivity index (χ0n) is 15.0. The molecule has 3 amide bonds. The predicted octanol–water partition coefficient (Wildman–Crippen LogP) is 2.04. The molecule has 1 atom stereocenters. The molecular weight excluding hydrogens is 380 g/mol. The van der Waals surface area contributed by atoms with Crippen LogP contribution >= 0.6 is 11.3 Å². The van der Waals surface area contributed by atoms with E-state index < -0.39 is 11.9 Å². The Bertz CT molecular complexity index is 950. The van der Waals surface area contributed by atoms with Gasteiger partial charge >= 0.3 is 0 Å². The molecule has 1 fully saturated rings. The van der Waals surface area contributed by atoms with Crippen molar-refractivity contribution >= 4 is 35.3 Å². The lowest BCUT2D eigenvalue weighted by Gasteiger charge is -2.29. The average molecular weight is 398 g/mol. The van der Waals surface area contributed by atoms with Gasteiger partial charge in [0.15, 0.2) is 0 Å². The Kier molecular flexibility index (Phi) is 5.06. The summed E-state index contributed by atoms with van der Waals surface area (Å²) in [4.78, 5) is 49.3. The second kappa shape index (κ2) is 7.65. The zero-order valence-corrected chi connectivity index (χ0v) is 15.8. The highest BCUT2D eigenvalue weighted by Crippen LogP contribution is 2.34. The number of benzene rings is 1. The number of imide groups is 1. The van der Waals surface area contributed by atoms with Gasteiger partial charge in [-0.15, -0.1) is 11.3 Å². The summed E-state index contributed by atoms with van der Waals surface area (Å²) in [7, 11) is 0. The molecular formula is C20H18N2O5S. The molecule has 0 spiro atoms. The molecule has 1 saturated heterocycles. The van der Waals surface area contributed by atoms with Crippen LogP contribution < -0.4 is 5.32 Å². The van der Waals surface area contributed by atoms with E-state index in [4.69, 9.17) is 4.74 Å². The SMILES string of the molecule is O=Cc1ccc(COCc2scc3c2CN(C2CCC(=O)NC2=O)C3=O)cc1. The summed E-state index contributed by atoms with van der Waals surface area (Å²) in [5.74, 6) is -0.871. The molecule has 1 aromatic carbocycles. The van der Waals surface area contributed by atoms with Crippen molar-refractivity contribution in [1.29, 1.82) is 0 Å². The van der Waals surface area contributed by atoms with E-state index in [9.17, 15) is 19.2 Å². The molecule has 1 unspecified atom stereocenters. The molecule has 0 bridgehead atoms. The van der Waals surface area contributed by atoms with E-state index in [1.54, 1.807) is 22.4 Å². The lowest BCUT2D eigenvalue weighted by molar-refractivity contribution is -0.136. The number of thiophene rings is 1. The first-order valence-corrected chi connectivity index (χ1v) is 9.80. The Morgan fingerprint density at radius 3 is 2.68 bits per heavy atom. The highest BCUT2D eigenvalue weighted by atomic mass is 32.1. The summed E-state index contributed by atoms with van der Waals surface area (Å²) >= 11 is 1.47. The number of nitrogens with zero attached hydrogens (tertiary/aromatic N) is 1. The van der Waals surface area contributed by atoms with E-state index >= 15 is 0 Å². The van der Waals surface area contributed by atoms with Gasteiger partial charge in [0.1, 0.15) is 12.3 Å². The number of nitrogens with one attached hydrogen (secondary N) is 1. The Hall–Kier alpha value is -2.84. The molecule has 7 nitrogen and oxygen atoms in total. The van der Waals surface area contributed by atoms with Crippen molar-refractivity contribution in [2.75, 3.05) is 0 Å². The summed E-state index contributed by atoms with van der Waals surface area (Å²) < 4.78 is 5.78. The van der Waals surface area contributed by atoms with Gasteiger partial charge < -0.3 is 9.64 Å². The summed E-state index contributed by atoms with van der Waals surface area (Å²) in [6.07, 6.45) is 1.39. The molecule has 2 aromatic rings. The molecule has 2 aliphatic rings. The fourth-order valence-electron chi connectivity index (χ4n) is 3.48. The summed E-state index contributed by atoms with van der Waals surface area (Å²) in [6, 6.07) is 6.57. The summed E-state index contributed by atoms with van der Waals surface area (Å²) in [6.45, 7) is 1.12. The minimum absolute atomic E-state index is 0.170. The second-order valence-corrected chi connectivity index (χ2v) is 7.77. The minimum atomic E-state index is -0.604. The van der Waals surface area contributed by atoms with Gasteiger partial charge in [0.2, 0.25) is 11.8 Å². The molecule has 144 valence electrons. The fraction of sp³-hybridized carbons (Fsp3) is 0.300. The van der Waals surface area contributed by atoms with Crippen LogP contribution in [0.4, 0.5) is 0 Å². The Morgan fingerprint density at radius 2 is 1.96 bits per heavy atom. The number of amides is 3. The van der Waals surface area contributed by atoms with Crippen molar-refractivity contribution in [3.63, 3.8) is 0 Å². The monoisotopic (exact) mass is 398 g/mol. The number of carbonyl (C=O) groups excluding carboxylic acids is 4. The number of aldehydes is 1. The molecule has 0 saturated carbocycles. The van der Waals surface area contributed by atoms with Gasteiger partial charge in [0.05, 0.1) is 18.8 Å². The predicted molar refractivity (Wildman–Crippen MR) is 101 cm³/mol. The van der Waals surface area contributed by atoms with Crippen molar-refractivity contribution in [3.05, 3.63) is 56.8 Å². The largest absolute Gasteiger partial charge is 0.371 e. The zero-order chi connectivity index (χ0) is 19.7. The molecule has 8 heteroatoms. The van der Waals surface area contributed by atoms with Crippen LogP contribution in [0.3, 0.4) is 0 Å². The average Bonchev–Trinajstić information content (AvgIpc) is 3.23. The number of hydrogen-bond donors (Lipinski definition) is 1. The molecule has 2 aliphatic heterocycles. The van der Waals surface area contributed by atoms with Crippen molar-refractivity contribution in [2.45, 2.75) is 38.6 Å². The Balaban J connectivity index is 1.39. The molecule has 3 heterocycles. The van der Waals surface area contributed by atoms with Crippen LogP contribution in [0, 0.1) is 0 Å². The number of carbonyl (C=O) groups is 4. The summed E-state index contributed by atoms with van der Waals surface area (Å²) in [5.41, 5.74) is 3.09. The van der Waals surface area contributed by atoms with E-state index in [1.165, 1.54) is 11.3 Å².